The van der Waals surface area contributed by atoms with Crippen LogP contribution in [0.15, 0.2) is 0 Å². The summed E-state index contributed by atoms with van der Waals surface area (Å²) in [6.45, 7) is 2.15. The van der Waals surface area contributed by atoms with Crippen molar-refractivity contribution in [3.8, 4) is 0 Å². The number of hydrogen-bond donors (Lipinski definition) is 3. The molecule has 0 aromatic rings. The van der Waals surface area contributed by atoms with E-state index in [1.807, 2.05) is 12.4 Å². The molecule has 0 saturated carbocycles. The summed E-state index contributed by atoms with van der Waals surface area (Å²) in [5.74, 6) is -1.14. The number of nitrogens with one attached hydrogen (secondary N) is 1. The predicted molar refractivity (Wildman–Crippen MR) is 53.5 cm³/mol. The molecule has 0 bridgehead atoms. The van der Waals surface area contributed by atoms with E-state index >= 15 is 0 Å². The average Bonchev–Trinajstić information content (AvgIpc) is 2.21. The molecule has 92 valence electrons. The zero-order valence-corrected chi connectivity index (χ0v) is 9.05. The van der Waals surface area contributed by atoms with E-state index in [4.69, 9.17) is 5.11 Å². The molecule has 0 aromatic heterocycles. The molecule has 0 aliphatic carbocycles. The Morgan fingerprint density at radius 2 is 2.25 bits per heavy atom. The molecule has 2 unspecified atom stereocenters. The number of urea groups is 1. The molecule has 7 heteroatoms. The van der Waals surface area contributed by atoms with Crippen molar-refractivity contribution in [1.29, 1.82) is 0 Å². The van der Waals surface area contributed by atoms with Gasteiger partial charge in [-0.25, -0.2) is 15.1 Å². The molecular formula is C9H16N2O5. The molecule has 1 saturated heterocycles. The van der Waals surface area contributed by atoms with Gasteiger partial charge in [0, 0.05) is 13.1 Å². The first-order valence-electron chi connectivity index (χ1n) is 5.07. The molecule has 7 nitrogen and oxygen atoms in total. The fourth-order valence-corrected chi connectivity index (χ4v) is 1.54. The number of carbonyl (C=O) groups is 2. The van der Waals surface area contributed by atoms with E-state index in [-0.39, 0.29) is 12.0 Å². The first-order valence-corrected chi connectivity index (χ1v) is 5.07. The van der Waals surface area contributed by atoms with Gasteiger partial charge in [-0.1, -0.05) is 6.92 Å². The van der Waals surface area contributed by atoms with Crippen LogP contribution in [0, 0.1) is 5.92 Å². The topological polar surface area (TPSA) is 99.1 Å². The summed E-state index contributed by atoms with van der Waals surface area (Å²) < 4.78 is 0. The lowest BCUT2D eigenvalue weighted by molar-refractivity contribution is -0.144. The summed E-state index contributed by atoms with van der Waals surface area (Å²) in [5, 5.41) is 17.7. The minimum absolute atomic E-state index is 0.0129. The van der Waals surface area contributed by atoms with Crippen LogP contribution in [0.5, 0.6) is 0 Å². The first kappa shape index (κ1) is 12.7. The van der Waals surface area contributed by atoms with Crippen LogP contribution in [0.2, 0.25) is 0 Å². The van der Waals surface area contributed by atoms with Crippen LogP contribution in [0.1, 0.15) is 13.3 Å². The summed E-state index contributed by atoms with van der Waals surface area (Å²) >= 11 is 0. The summed E-state index contributed by atoms with van der Waals surface area (Å²) in [4.78, 5) is 27.5. The summed E-state index contributed by atoms with van der Waals surface area (Å²) in [5.41, 5.74) is 2.04. The quantitative estimate of drug-likeness (QED) is 0.565. The number of nitrogens with zero attached hydrogens (tertiary/aromatic N) is 1. The van der Waals surface area contributed by atoms with Gasteiger partial charge in [0.2, 0.25) is 0 Å². The Kier molecular flexibility index (Phi) is 4.51. The minimum Gasteiger partial charge on any atom is -0.479 e. The van der Waals surface area contributed by atoms with Gasteiger partial charge in [0.1, 0.15) is 0 Å². The smallest absolute Gasteiger partial charge is 0.341 e. The summed E-state index contributed by atoms with van der Waals surface area (Å²) in [7, 11) is 0. The number of aliphatic hydroxyl groups is 1. The van der Waals surface area contributed by atoms with Crippen molar-refractivity contribution in [3.63, 3.8) is 0 Å². The average molecular weight is 232 g/mol. The van der Waals surface area contributed by atoms with E-state index in [1.165, 1.54) is 4.90 Å². The number of likely N-dealkylation sites (tertiary alicyclic amines) is 1. The zero-order chi connectivity index (χ0) is 12.1. The largest absolute Gasteiger partial charge is 0.479 e. The molecule has 2 atom stereocenters. The number of carbonyl (C=O) groups excluding carboxylic acids is 1. The van der Waals surface area contributed by atoms with Crippen LogP contribution < -0.4 is 5.48 Å². The van der Waals surface area contributed by atoms with E-state index < -0.39 is 18.6 Å². The number of hydroxylamine groups is 1. The van der Waals surface area contributed by atoms with Gasteiger partial charge in [0.25, 0.3) is 0 Å². The monoisotopic (exact) mass is 232 g/mol. The second-order valence-electron chi connectivity index (χ2n) is 3.87. The molecule has 3 N–H and O–H groups in total. The lowest BCUT2D eigenvalue weighted by Crippen LogP contribution is -2.49. The molecule has 0 aromatic carbocycles. The Labute approximate surface area is 92.9 Å². The maximum absolute atomic E-state index is 11.4. The van der Waals surface area contributed by atoms with E-state index in [0.29, 0.717) is 19.5 Å². The normalized spacial score (nSPS) is 25.2. The third-order valence-electron chi connectivity index (χ3n) is 2.50. The number of amides is 2. The third kappa shape index (κ3) is 3.67. The highest BCUT2D eigenvalue weighted by atomic mass is 16.7. The Morgan fingerprint density at radius 3 is 2.81 bits per heavy atom. The SMILES string of the molecule is CC1CN(C(=O)NOCC(=O)O)CCC1O. The van der Waals surface area contributed by atoms with Gasteiger partial charge in [-0.15, -0.1) is 0 Å². The number of carboxylic acid groups (broad SMARTS) is 1. The van der Waals surface area contributed by atoms with Crippen LogP contribution in [0.3, 0.4) is 0 Å². The molecule has 0 radical (unpaired) electrons. The van der Waals surface area contributed by atoms with E-state index in [9.17, 15) is 14.7 Å². The van der Waals surface area contributed by atoms with E-state index in [1.54, 1.807) is 0 Å². The van der Waals surface area contributed by atoms with Crippen molar-refractivity contribution in [1.82, 2.24) is 10.4 Å². The van der Waals surface area contributed by atoms with Crippen LogP contribution in [0.25, 0.3) is 0 Å². The molecule has 16 heavy (non-hydrogen) atoms. The number of carboxylic acids is 1. The van der Waals surface area contributed by atoms with Gasteiger partial charge in [-0.2, -0.15) is 0 Å². The predicted octanol–water partition coefficient (Wildman–Crippen LogP) is -0.585. The third-order valence-corrected chi connectivity index (χ3v) is 2.50. The van der Waals surface area contributed by atoms with E-state index in [0.717, 1.165) is 0 Å². The standard InChI is InChI=1S/C9H16N2O5/c1-6-4-11(3-2-7(6)12)9(15)10-16-5-8(13)14/h6-7,12H,2-5H2,1H3,(H,10,15)(H,13,14). The lowest BCUT2D eigenvalue weighted by Gasteiger charge is -2.33. The van der Waals surface area contributed by atoms with Gasteiger partial charge >= 0.3 is 12.0 Å². The number of hydrogen-bond acceptors (Lipinski definition) is 4. The van der Waals surface area contributed by atoms with Crippen molar-refractivity contribution < 1.29 is 24.6 Å². The molecular weight excluding hydrogens is 216 g/mol. The van der Waals surface area contributed by atoms with Crippen molar-refractivity contribution in [2.75, 3.05) is 19.7 Å². The van der Waals surface area contributed by atoms with Gasteiger partial charge in [0.05, 0.1) is 6.10 Å². The highest BCUT2D eigenvalue weighted by molar-refractivity contribution is 5.73. The first-order chi connectivity index (χ1) is 7.50. The van der Waals surface area contributed by atoms with Gasteiger partial charge < -0.3 is 15.1 Å². The number of piperidine rings is 1. The second-order valence-corrected chi connectivity index (χ2v) is 3.87. The second kappa shape index (κ2) is 5.66. The van der Waals surface area contributed by atoms with Crippen molar-refractivity contribution in [2.45, 2.75) is 19.4 Å². The molecule has 2 amide bonds. The summed E-state index contributed by atoms with van der Waals surface area (Å²) in [6, 6.07) is -0.472. The number of rotatable bonds is 3. The Bertz CT molecular complexity index is 271. The van der Waals surface area contributed by atoms with Crippen LogP contribution in [0.4, 0.5) is 4.79 Å². The molecule has 1 aliphatic heterocycles. The summed E-state index contributed by atoms with van der Waals surface area (Å²) in [6.07, 6.45) is 0.136. The van der Waals surface area contributed by atoms with Gasteiger partial charge in [0.15, 0.2) is 6.61 Å². The highest BCUT2D eigenvalue weighted by Gasteiger charge is 2.27. The Balaban J connectivity index is 2.29. The molecule has 1 rings (SSSR count). The van der Waals surface area contributed by atoms with Crippen LogP contribution >= 0.6 is 0 Å². The van der Waals surface area contributed by atoms with Crippen molar-refractivity contribution >= 4 is 12.0 Å². The fourth-order valence-electron chi connectivity index (χ4n) is 1.54. The molecule has 1 fully saturated rings. The highest BCUT2D eigenvalue weighted by Crippen LogP contribution is 2.16. The maximum Gasteiger partial charge on any atom is 0.341 e. The van der Waals surface area contributed by atoms with Crippen molar-refractivity contribution in [3.05, 3.63) is 0 Å². The molecule has 0 spiro atoms. The number of aliphatic carboxylic acids is 1. The van der Waals surface area contributed by atoms with Gasteiger partial charge in [-0.05, 0) is 12.3 Å². The van der Waals surface area contributed by atoms with Crippen LogP contribution in [-0.2, 0) is 9.63 Å². The minimum atomic E-state index is -1.15. The zero-order valence-electron chi connectivity index (χ0n) is 9.05. The van der Waals surface area contributed by atoms with E-state index in [2.05, 4.69) is 4.84 Å². The maximum atomic E-state index is 11.4. The Morgan fingerprint density at radius 1 is 1.56 bits per heavy atom. The fraction of sp³-hybridized carbons (Fsp3) is 0.778. The van der Waals surface area contributed by atoms with Crippen molar-refractivity contribution in [2.24, 2.45) is 5.92 Å². The van der Waals surface area contributed by atoms with Crippen LogP contribution in [-0.4, -0.2) is 52.9 Å². The Hall–Kier alpha value is -1.34. The van der Waals surface area contributed by atoms with Gasteiger partial charge in [-0.3, -0.25) is 4.84 Å². The number of aliphatic hydroxyl groups excluding tert-OH is 1. The molecule has 1 aliphatic rings. The lowest BCUT2D eigenvalue weighted by atomic mass is 9.97. The molecule has 1 heterocycles.